The van der Waals surface area contributed by atoms with Crippen molar-refractivity contribution in [3.8, 4) is 11.5 Å². The van der Waals surface area contributed by atoms with Gasteiger partial charge in [-0.25, -0.2) is 15.4 Å². The summed E-state index contributed by atoms with van der Waals surface area (Å²) in [4.78, 5) is 72.5. The number of unbranched alkanes of at least 4 members (excludes halogenated alkanes) is 2. The molecule has 4 saturated heterocycles. The molecule has 13 N–H and O–H groups in total. The van der Waals surface area contributed by atoms with E-state index >= 15 is 0 Å². The Kier molecular flexibility index (Phi) is 24.6. The Morgan fingerprint density at radius 1 is 0.578 bits per heavy atom. The van der Waals surface area contributed by atoms with Crippen molar-refractivity contribution in [3.63, 3.8) is 0 Å². The number of hydrogen-bond acceptors (Lipinski definition) is 20. The lowest BCUT2D eigenvalue weighted by Gasteiger charge is -2.18. The fourth-order valence-corrected chi connectivity index (χ4v) is 14.6. The smallest absolute Gasteiger partial charge is 0.315 e. The number of halogens is 3. The molecule has 4 aromatic rings. The molecule has 2 aromatic heterocycles. The third-order valence-electron chi connectivity index (χ3n) is 15.1. The van der Waals surface area contributed by atoms with Crippen LogP contribution in [0.3, 0.4) is 0 Å². The molecule has 2 aliphatic carbocycles. The summed E-state index contributed by atoms with van der Waals surface area (Å²) < 4.78 is 10.4. The van der Waals surface area contributed by atoms with Gasteiger partial charge in [0, 0.05) is 58.3 Å². The van der Waals surface area contributed by atoms with E-state index in [-0.39, 0.29) is 65.3 Å². The molecule has 0 spiro atoms. The molecule has 6 unspecified atom stereocenters. The van der Waals surface area contributed by atoms with Crippen LogP contribution in [0.4, 0.5) is 50.7 Å². The summed E-state index contributed by atoms with van der Waals surface area (Å²) in [5, 5.41) is 26.9. The predicted molar refractivity (Wildman–Crippen MR) is 329 cm³/mol. The molecule has 452 valence electrons. The SMILES string of the molecule is COc1ccc(Nc2nc(Cl)nc(NC3CCCCCC3)n2)cc1Cl.COc1ccc(Nc2nc(NNC(=O)CCCCC3SCC4NC(=O)NC43)nc(NC3CCCCCC3)n2)cc1Cl.NNC(=O)CCCCC1SCC2NC(=O)NC21. The minimum atomic E-state index is -0.145. The van der Waals surface area contributed by atoms with E-state index in [2.05, 4.69) is 88.7 Å². The number of methoxy groups -OCH3 is 2. The fourth-order valence-electron chi connectivity index (χ4n) is 10.8. The van der Waals surface area contributed by atoms with Crippen LogP contribution in [0.25, 0.3) is 0 Å². The van der Waals surface area contributed by atoms with E-state index in [9.17, 15) is 19.2 Å². The lowest BCUT2D eigenvalue weighted by Crippen LogP contribution is -2.36. The topological polar surface area (TPSA) is 322 Å². The van der Waals surface area contributed by atoms with Gasteiger partial charge < -0.3 is 52.0 Å². The Hall–Kier alpha value is -5.93. The highest BCUT2D eigenvalue weighted by atomic mass is 35.5. The Balaban J connectivity index is 0.000000181. The molecule has 6 atom stereocenters. The number of nitrogens with two attached hydrogens (primary N) is 1. The number of fused-ring (bicyclic) bond motifs is 2. The molecule has 24 nitrogen and oxygen atoms in total. The Morgan fingerprint density at radius 3 is 1.48 bits per heavy atom. The monoisotopic (exact) mass is 1240 g/mol. The number of urea groups is 2. The quantitative estimate of drug-likeness (QED) is 0.00870. The van der Waals surface area contributed by atoms with Crippen LogP contribution in [0.2, 0.25) is 15.3 Å². The summed E-state index contributed by atoms with van der Waals surface area (Å²) in [6, 6.07) is 12.2. The average Bonchev–Trinajstić information content (AvgIpc) is 4.34. The summed E-state index contributed by atoms with van der Waals surface area (Å²) in [6.07, 6.45) is 20.6. The third kappa shape index (κ3) is 19.8. The lowest BCUT2D eigenvalue weighted by molar-refractivity contribution is -0.121. The maximum absolute atomic E-state index is 12.6. The van der Waals surface area contributed by atoms with E-state index in [1.54, 1.807) is 38.5 Å². The molecule has 6 heterocycles. The van der Waals surface area contributed by atoms with Gasteiger partial charge in [0.1, 0.15) is 11.5 Å². The van der Waals surface area contributed by atoms with Gasteiger partial charge in [-0.15, -0.1) is 0 Å². The highest BCUT2D eigenvalue weighted by Gasteiger charge is 2.43. The summed E-state index contributed by atoms with van der Waals surface area (Å²) >= 11 is 22.3. The number of benzene rings is 2. The van der Waals surface area contributed by atoms with Crippen molar-refractivity contribution in [1.82, 2.24) is 62.0 Å². The van der Waals surface area contributed by atoms with E-state index in [1.807, 2.05) is 35.7 Å². The van der Waals surface area contributed by atoms with Crippen molar-refractivity contribution in [2.45, 2.75) is 175 Å². The number of aromatic nitrogens is 6. The van der Waals surface area contributed by atoms with E-state index < -0.39 is 0 Å². The lowest BCUT2D eigenvalue weighted by atomic mass is 10.0. The summed E-state index contributed by atoms with van der Waals surface area (Å²) in [5.74, 6) is 9.69. The highest BCUT2D eigenvalue weighted by Crippen LogP contribution is 2.35. The molecule has 2 saturated carbocycles. The number of ether oxygens (including phenoxy) is 2. The Bertz CT molecular complexity index is 2790. The molecule has 2 aromatic carbocycles. The van der Waals surface area contributed by atoms with Crippen molar-refractivity contribution < 1.29 is 28.7 Å². The van der Waals surface area contributed by atoms with Gasteiger partial charge in [-0.1, -0.05) is 87.4 Å². The second-order valence-corrected chi connectivity index (χ2v) is 24.8. The maximum Gasteiger partial charge on any atom is 0.315 e. The van der Waals surface area contributed by atoms with Crippen molar-refractivity contribution >= 4 is 123 Å². The number of carbonyl (C=O) groups excluding carboxylic acids is 4. The van der Waals surface area contributed by atoms with Crippen molar-refractivity contribution in [2.75, 3.05) is 52.4 Å². The summed E-state index contributed by atoms with van der Waals surface area (Å²) in [7, 11) is 3.14. The normalized spacial score (nSPS) is 21.9. The van der Waals surface area contributed by atoms with Gasteiger partial charge in [-0.05, 0) is 99.4 Å². The maximum atomic E-state index is 12.6. The van der Waals surface area contributed by atoms with E-state index in [4.69, 9.17) is 50.1 Å². The third-order valence-corrected chi connectivity index (χ3v) is 18.8. The minimum absolute atomic E-state index is 0.0483. The second kappa shape index (κ2) is 32.4. The van der Waals surface area contributed by atoms with Crippen molar-refractivity contribution in [1.29, 1.82) is 0 Å². The van der Waals surface area contributed by atoms with Gasteiger partial charge in [0.2, 0.25) is 46.8 Å². The number of rotatable bonds is 22. The van der Waals surface area contributed by atoms with Gasteiger partial charge in [0.05, 0.1) is 48.4 Å². The van der Waals surface area contributed by atoms with Crippen LogP contribution in [-0.2, 0) is 9.59 Å². The Labute approximate surface area is 507 Å². The largest absolute Gasteiger partial charge is 0.495 e. The van der Waals surface area contributed by atoms with Gasteiger partial charge in [-0.2, -0.15) is 53.4 Å². The zero-order chi connectivity index (χ0) is 58.5. The number of anilines is 7. The summed E-state index contributed by atoms with van der Waals surface area (Å²) in [5.41, 5.74) is 9.14. The molecule has 83 heavy (non-hydrogen) atoms. The van der Waals surface area contributed by atoms with Crippen LogP contribution >= 0.6 is 58.3 Å². The number of thioether (sulfide) groups is 2. The van der Waals surface area contributed by atoms with Gasteiger partial charge in [-0.3, -0.25) is 25.9 Å². The van der Waals surface area contributed by atoms with Crippen molar-refractivity contribution in [3.05, 3.63) is 51.7 Å². The number of amides is 6. The zero-order valence-corrected chi connectivity index (χ0v) is 50.7. The van der Waals surface area contributed by atoms with Crippen LogP contribution in [0, 0.1) is 0 Å². The molecule has 0 radical (unpaired) electrons. The first-order valence-electron chi connectivity index (χ1n) is 28.6. The van der Waals surface area contributed by atoms with E-state index in [0.29, 0.717) is 80.4 Å². The van der Waals surface area contributed by atoms with Gasteiger partial charge >= 0.3 is 12.1 Å². The number of hydrogen-bond donors (Lipinski definition) is 12. The van der Waals surface area contributed by atoms with Gasteiger partial charge in [0.25, 0.3) is 0 Å². The molecule has 29 heteroatoms. The van der Waals surface area contributed by atoms with Crippen LogP contribution in [-0.4, -0.2) is 126 Å². The van der Waals surface area contributed by atoms with Crippen LogP contribution in [0.1, 0.15) is 128 Å². The van der Waals surface area contributed by atoms with Crippen LogP contribution in [0.15, 0.2) is 36.4 Å². The fraction of sp³-hybridized carbons (Fsp3) is 0.593. The first-order chi connectivity index (χ1) is 40.3. The zero-order valence-electron chi connectivity index (χ0n) is 46.8. The highest BCUT2D eigenvalue weighted by molar-refractivity contribution is 8.00. The molecule has 6 amide bonds. The molecule has 10 rings (SSSR count). The number of carbonyl (C=O) groups is 4. The van der Waals surface area contributed by atoms with Gasteiger partial charge in [0.15, 0.2) is 0 Å². The number of nitrogens with one attached hydrogen (secondary N) is 11. The van der Waals surface area contributed by atoms with Crippen molar-refractivity contribution in [2.24, 2.45) is 5.84 Å². The number of nitrogens with zero attached hydrogens (tertiary/aromatic N) is 6. The van der Waals surface area contributed by atoms with Crippen LogP contribution < -0.4 is 74.1 Å². The summed E-state index contributed by atoms with van der Waals surface area (Å²) in [6.45, 7) is 0. The Morgan fingerprint density at radius 2 is 1.01 bits per heavy atom. The minimum Gasteiger partial charge on any atom is -0.495 e. The molecule has 6 aliphatic rings. The first-order valence-corrected chi connectivity index (χ1v) is 31.9. The molecule has 0 bridgehead atoms. The second-order valence-electron chi connectivity index (χ2n) is 21.1. The predicted octanol–water partition coefficient (Wildman–Crippen LogP) is 9.35. The standard InChI is InChI=1S/C27H38ClN9O3S.C17H21Cl2N5O.C10H18N4O2S/c1-40-20-13-12-17(14-18(20)28)30-25-33-24(29-16-8-4-2-3-5-9-16)34-26(35-25)37-36-22(38)11-7-6-10-21-23-19(15-41-21)31-27(39)32-23;1-25-14-9-8-12(10-13(14)18)21-17-23-15(19)22-16(24-17)20-11-6-4-2-3-5-7-11;11-14-8(15)4-2-1-3-7-9-6(5-17-7)12-10(16)13-9/h12-14,16,19,21,23H,2-11,15H2,1H3,(H,36,38)(H2,31,32,39)(H3,29,30,33,34,35,37);8-11H,2-7H2,1H3,(H2,20,21,22,23,24);6-7,9H,1-5,11H2,(H,14,15)(H2,12,13,16). The van der Waals surface area contributed by atoms with Crippen LogP contribution in [0.5, 0.6) is 11.5 Å². The molecule has 6 fully saturated rings. The number of hydrazine groups is 2. The molecular formula is C54H77Cl3N18O6S2. The first kappa shape index (κ1) is 63.1. The molecule has 4 aliphatic heterocycles. The average molecular weight is 1240 g/mol. The van der Waals surface area contributed by atoms with E-state index in [0.717, 1.165) is 81.4 Å². The molecular weight excluding hydrogens is 1170 g/mol. The van der Waals surface area contributed by atoms with E-state index in [1.165, 1.54) is 51.4 Å².